The highest BCUT2D eigenvalue weighted by atomic mass is 16.2. The summed E-state index contributed by atoms with van der Waals surface area (Å²) in [6.07, 6.45) is 0. The lowest BCUT2D eigenvalue weighted by Gasteiger charge is -2.25. The van der Waals surface area contributed by atoms with E-state index in [1.165, 1.54) is 0 Å². The Kier molecular flexibility index (Phi) is 0.680. The highest BCUT2D eigenvalue weighted by Crippen LogP contribution is 2.08. The third-order valence-corrected chi connectivity index (χ3v) is 1.16. The minimum absolute atomic E-state index is 0.00694. The standard InChI is InChI=1S/C5H7NO/c1-3-4(2)6-5(3)7/h4H,1H2,2H3,(H,6,7). The Balaban J connectivity index is 2.60. The molecule has 1 rings (SSSR count). The zero-order valence-corrected chi connectivity index (χ0v) is 4.19. The number of carbonyl (C=O) groups excluding carboxylic acids is 1. The molecular weight excluding hydrogens is 90.1 g/mol. The second-order valence-corrected chi connectivity index (χ2v) is 1.72. The molecule has 1 atom stereocenters. The molecule has 0 radical (unpaired) electrons. The van der Waals surface area contributed by atoms with E-state index in [0.717, 1.165) is 0 Å². The van der Waals surface area contributed by atoms with Crippen LogP contribution in [0.1, 0.15) is 6.92 Å². The molecule has 1 N–H and O–H groups in total. The summed E-state index contributed by atoms with van der Waals surface area (Å²) >= 11 is 0. The number of amides is 1. The first-order valence-corrected chi connectivity index (χ1v) is 2.21. The van der Waals surface area contributed by atoms with Crippen LogP contribution < -0.4 is 5.32 Å². The van der Waals surface area contributed by atoms with Crippen molar-refractivity contribution < 1.29 is 4.79 Å². The summed E-state index contributed by atoms with van der Waals surface area (Å²) in [6.45, 7) is 5.42. The van der Waals surface area contributed by atoms with Crippen LogP contribution >= 0.6 is 0 Å². The smallest absolute Gasteiger partial charge is 0.249 e. The molecule has 1 saturated heterocycles. The van der Waals surface area contributed by atoms with Crippen LogP contribution in [0.3, 0.4) is 0 Å². The highest BCUT2D eigenvalue weighted by molar-refractivity contribution is 6.00. The molecule has 1 fully saturated rings. The van der Waals surface area contributed by atoms with Crippen molar-refractivity contribution in [2.24, 2.45) is 0 Å². The average molecular weight is 97.1 g/mol. The highest BCUT2D eigenvalue weighted by Gasteiger charge is 2.25. The van der Waals surface area contributed by atoms with Crippen molar-refractivity contribution in [2.45, 2.75) is 13.0 Å². The molecule has 2 nitrogen and oxygen atoms in total. The first-order valence-electron chi connectivity index (χ1n) is 2.21. The van der Waals surface area contributed by atoms with E-state index < -0.39 is 0 Å². The Labute approximate surface area is 42.2 Å². The summed E-state index contributed by atoms with van der Waals surface area (Å²) in [7, 11) is 0. The number of carbonyl (C=O) groups is 1. The molecule has 0 bridgehead atoms. The van der Waals surface area contributed by atoms with Gasteiger partial charge in [0.1, 0.15) is 0 Å². The molecule has 7 heavy (non-hydrogen) atoms. The molecule has 0 saturated carbocycles. The third-order valence-electron chi connectivity index (χ3n) is 1.16. The zero-order chi connectivity index (χ0) is 5.44. The van der Waals surface area contributed by atoms with E-state index in [2.05, 4.69) is 11.9 Å². The van der Waals surface area contributed by atoms with Gasteiger partial charge in [0.25, 0.3) is 0 Å². The Morgan fingerprint density at radius 2 is 2.43 bits per heavy atom. The van der Waals surface area contributed by atoms with Gasteiger partial charge < -0.3 is 5.32 Å². The van der Waals surface area contributed by atoms with Crippen molar-refractivity contribution >= 4 is 5.91 Å². The van der Waals surface area contributed by atoms with E-state index >= 15 is 0 Å². The molecule has 0 spiro atoms. The number of nitrogens with one attached hydrogen (secondary N) is 1. The van der Waals surface area contributed by atoms with Gasteiger partial charge in [0.15, 0.2) is 0 Å². The van der Waals surface area contributed by atoms with Crippen LogP contribution in [-0.2, 0) is 4.79 Å². The molecule has 1 aliphatic rings. The van der Waals surface area contributed by atoms with Crippen LogP contribution in [0.4, 0.5) is 0 Å². The van der Waals surface area contributed by atoms with Gasteiger partial charge in [0, 0.05) is 5.57 Å². The maximum Gasteiger partial charge on any atom is 0.249 e. The van der Waals surface area contributed by atoms with Crippen LogP contribution in [0.2, 0.25) is 0 Å². The van der Waals surface area contributed by atoms with Crippen LogP contribution in [0.25, 0.3) is 0 Å². The van der Waals surface area contributed by atoms with E-state index in [4.69, 9.17) is 0 Å². The van der Waals surface area contributed by atoms with Crippen molar-refractivity contribution in [1.82, 2.24) is 5.32 Å². The lowest BCUT2D eigenvalue weighted by molar-refractivity contribution is -0.121. The summed E-state index contributed by atoms with van der Waals surface area (Å²) in [5.74, 6) is -0.00694. The summed E-state index contributed by atoms with van der Waals surface area (Å²) in [5.41, 5.74) is 0.694. The second-order valence-electron chi connectivity index (χ2n) is 1.72. The number of rotatable bonds is 0. The summed E-state index contributed by atoms with van der Waals surface area (Å²) in [5, 5.41) is 2.62. The minimum atomic E-state index is -0.00694. The third kappa shape index (κ3) is 0.427. The van der Waals surface area contributed by atoms with Crippen LogP contribution in [0, 0.1) is 0 Å². The summed E-state index contributed by atoms with van der Waals surface area (Å²) < 4.78 is 0. The predicted octanol–water partition coefficient (Wildman–Crippen LogP) is 0.0609. The normalized spacial score (nSPS) is 29.0. The van der Waals surface area contributed by atoms with Gasteiger partial charge in [0.05, 0.1) is 6.04 Å². The molecule has 1 heterocycles. The van der Waals surface area contributed by atoms with Gasteiger partial charge >= 0.3 is 0 Å². The Morgan fingerprint density at radius 1 is 1.86 bits per heavy atom. The molecule has 0 aromatic rings. The van der Waals surface area contributed by atoms with E-state index in [1.807, 2.05) is 6.92 Å². The van der Waals surface area contributed by atoms with Gasteiger partial charge in [-0.2, -0.15) is 0 Å². The van der Waals surface area contributed by atoms with Crippen molar-refractivity contribution in [1.29, 1.82) is 0 Å². The Bertz CT molecular complexity index is 128. The quantitative estimate of drug-likeness (QED) is 0.336. The lowest BCUT2D eigenvalue weighted by Crippen LogP contribution is -2.48. The van der Waals surface area contributed by atoms with E-state index in [0.29, 0.717) is 5.57 Å². The fourth-order valence-electron chi connectivity index (χ4n) is 0.495. The Hall–Kier alpha value is -0.790. The van der Waals surface area contributed by atoms with E-state index in [9.17, 15) is 4.79 Å². The Morgan fingerprint density at radius 3 is 2.43 bits per heavy atom. The fraction of sp³-hybridized carbons (Fsp3) is 0.400. The van der Waals surface area contributed by atoms with Crippen LogP contribution in [-0.4, -0.2) is 11.9 Å². The largest absolute Gasteiger partial charge is 0.346 e. The molecule has 38 valence electrons. The van der Waals surface area contributed by atoms with E-state index in [1.54, 1.807) is 0 Å². The molecular formula is C5H7NO. The van der Waals surface area contributed by atoms with E-state index in [-0.39, 0.29) is 11.9 Å². The van der Waals surface area contributed by atoms with Crippen LogP contribution in [0.5, 0.6) is 0 Å². The second kappa shape index (κ2) is 1.09. The molecule has 0 aromatic heterocycles. The summed E-state index contributed by atoms with van der Waals surface area (Å²) in [6, 6.07) is 0.215. The first-order chi connectivity index (χ1) is 3.22. The number of β-lactam (4-membered cyclic amide) rings is 1. The van der Waals surface area contributed by atoms with Gasteiger partial charge in [0.2, 0.25) is 5.91 Å². The number of hydrogen-bond acceptors (Lipinski definition) is 1. The molecule has 0 aliphatic carbocycles. The molecule has 1 amide bonds. The first kappa shape index (κ1) is 4.37. The average Bonchev–Trinajstić information content (AvgIpc) is 1.68. The SMILES string of the molecule is C=C1C(=O)NC1C. The van der Waals surface area contributed by atoms with Gasteiger partial charge in [-0.3, -0.25) is 4.79 Å². The maximum absolute atomic E-state index is 10.2. The molecule has 1 aliphatic heterocycles. The minimum Gasteiger partial charge on any atom is -0.346 e. The van der Waals surface area contributed by atoms with Gasteiger partial charge in [-0.25, -0.2) is 0 Å². The molecule has 2 heteroatoms. The fourth-order valence-corrected chi connectivity index (χ4v) is 0.495. The number of hydrogen-bond donors (Lipinski definition) is 1. The maximum atomic E-state index is 10.2. The monoisotopic (exact) mass is 97.1 g/mol. The van der Waals surface area contributed by atoms with Crippen molar-refractivity contribution in [3.05, 3.63) is 12.2 Å². The van der Waals surface area contributed by atoms with Crippen molar-refractivity contribution in [2.75, 3.05) is 0 Å². The van der Waals surface area contributed by atoms with Crippen LogP contribution in [0.15, 0.2) is 12.2 Å². The van der Waals surface area contributed by atoms with Gasteiger partial charge in [-0.1, -0.05) is 6.58 Å². The van der Waals surface area contributed by atoms with Gasteiger partial charge in [-0.05, 0) is 6.92 Å². The van der Waals surface area contributed by atoms with Gasteiger partial charge in [-0.15, -0.1) is 0 Å². The van der Waals surface area contributed by atoms with Crippen molar-refractivity contribution in [3.8, 4) is 0 Å². The predicted molar refractivity (Wildman–Crippen MR) is 26.7 cm³/mol. The van der Waals surface area contributed by atoms with Crippen molar-refractivity contribution in [3.63, 3.8) is 0 Å². The zero-order valence-electron chi connectivity index (χ0n) is 4.19. The topological polar surface area (TPSA) is 29.1 Å². The molecule has 1 unspecified atom stereocenters. The summed E-state index contributed by atoms with van der Waals surface area (Å²) in [4.78, 5) is 10.2. The lowest BCUT2D eigenvalue weighted by atomic mass is 10.0. The molecule has 0 aromatic carbocycles.